The van der Waals surface area contributed by atoms with Gasteiger partial charge in [-0.05, 0) is 36.9 Å². The standard InChI is InChI=1S/C18H21FN4OS/c19-14-7-2-1-5-12(14)9-15-22-23-17(25-15)21-16(24)18-8-4-3-6-13(18)10-20-11-18/h1-2,5,7,13,20H,3-4,6,8-11H2,(H,21,23,24)/t13-,18+/m0/s1. The van der Waals surface area contributed by atoms with Crippen molar-refractivity contribution in [3.8, 4) is 0 Å². The van der Waals surface area contributed by atoms with Gasteiger partial charge >= 0.3 is 0 Å². The fourth-order valence-electron chi connectivity index (χ4n) is 4.09. The van der Waals surface area contributed by atoms with Gasteiger partial charge in [0.25, 0.3) is 0 Å². The first-order valence-corrected chi connectivity index (χ1v) is 9.57. The Hall–Kier alpha value is -1.86. The minimum Gasteiger partial charge on any atom is -0.315 e. The summed E-state index contributed by atoms with van der Waals surface area (Å²) < 4.78 is 13.8. The third-order valence-electron chi connectivity index (χ3n) is 5.48. The molecule has 2 aliphatic rings. The molecule has 5 nitrogen and oxygen atoms in total. The van der Waals surface area contributed by atoms with Crippen molar-refractivity contribution >= 4 is 22.4 Å². The molecule has 1 amide bonds. The van der Waals surface area contributed by atoms with Gasteiger partial charge in [0.2, 0.25) is 11.0 Å². The first kappa shape index (κ1) is 16.6. The molecule has 1 aromatic heterocycles. The van der Waals surface area contributed by atoms with Crippen molar-refractivity contribution in [3.63, 3.8) is 0 Å². The molecule has 0 spiro atoms. The summed E-state index contributed by atoms with van der Waals surface area (Å²) in [6, 6.07) is 6.65. The quantitative estimate of drug-likeness (QED) is 0.880. The second-order valence-electron chi connectivity index (χ2n) is 6.95. The van der Waals surface area contributed by atoms with Crippen LogP contribution in [0.15, 0.2) is 24.3 Å². The first-order valence-electron chi connectivity index (χ1n) is 8.75. The van der Waals surface area contributed by atoms with Gasteiger partial charge in [-0.15, -0.1) is 10.2 Å². The van der Waals surface area contributed by atoms with E-state index in [2.05, 4.69) is 20.8 Å². The second kappa shape index (κ2) is 6.80. The van der Waals surface area contributed by atoms with Crippen LogP contribution in [0.5, 0.6) is 0 Å². The lowest BCUT2D eigenvalue weighted by atomic mass is 9.68. The van der Waals surface area contributed by atoms with E-state index in [-0.39, 0.29) is 17.1 Å². The van der Waals surface area contributed by atoms with Crippen molar-refractivity contribution in [2.24, 2.45) is 11.3 Å². The summed E-state index contributed by atoms with van der Waals surface area (Å²) in [5, 5.41) is 15.7. The van der Waals surface area contributed by atoms with E-state index in [1.54, 1.807) is 18.2 Å². The Morgan fingerprint density at radius 2 is 2.24 bits per heavy atom. The van der Waals surface area contributed by atoms with Gasteiger partial charge in [-0.2, -0.15) is 0 Å². The molecule has 2 N–H and O–H groups in total. The van der Waals surface area contributed by atoms with Crippen molar-refractivity contribution < 1.29 is 9.18 Å². The number of fused-ring (bicyclic) bond motifs is 1. The van der Waals surface area contributed by atoms with Crippen LogP contribution in [0.1, 0.15) is 36.3 Å². The van der Waals surface area contributed by atoms with Crippen molar-refractivity contribution in [2.45, 2.75) is 32.1 Å². The Morgan fingerprint density at radius 1 is 1.36 bits per heavy atom. The van der Waals surface area contributed by atoms with E-state index in [0.29, 0.717) is 28.0 Å². The van der Waals surface area contributed by atoms with Crippen LogP contribution in [0.25, 0.3) is 0 Å². The van der Waals surface area contributed by atoms with E-state index in [4.69, 9.17) is 0 Å². The summed E-state index contributed by atoms with van der Waals surface area (Å²) in [4.78, 5) is 12.9. The highest BCUT2D eigenvalue weighted by atomic mass is 32.1. The molecule has 2 aromatic rings. The van der Waals surface area contributed by atoms with E-state index in [0.717, 1.165) is 32.4 Å². The first-order chi connectivity index (χ1) is 12.2. The van der Waals surface area contributed by atoms with Gasteiger partial charge < -0.3 is 5.32 Å². The molecule has 2 fully saturated rings. The smallest absolute Gasteiger partial charge is 0.234 e. The molecule has 1 saturated carbocycles. The van der Waals surface area contributed by atoms with Crippen molar-refractivity contribution in [1.82, 2.24) is 15.5 Å². The van der Waals surface area contributed by atoms with Crippen LogP contribution < -0.4 is 10.6 Å². The molecule has 2 heterocycles. The third-order valence-corrected chi connectivity index (χ3v) is 6.32. The highest BCUT2D eigenvalue weighted by molar-refractivity contribution is 7.15. The minimum atomic E-state index is -0.310. The lowest BCUT2D eigenvalue weighted by molar-refractivity contribution is -0.128. The Kier molecular flexibility index (Phi) is 4.52. The van der Waals surface area contributed by atoms with Crippen molar-refractivity contribution in [3.05, 3.63) is 40.7 Å². The maximum Gasteiger partial charge on any atom is 0.234 e. The molecule has 1 aromatic carbocycles. The molecule has 25 heavy (non-hydrogen) atoms. The maximum absolute atomic E-state index is 13.8. The molecule has 7 heteroatoms. The second-order valence-corrected chi connectivity index (χ2v) is 8.02. The number of hydrogen-bond acceptors (Lipinski definition) is 5. The fourth-order valence-corrected chi connectivity index (χ4v) is 4.85. The highest BCUT2D eigenvalue weighted by Crippen LogP contribution is 2.44. The largest absolute Gasteiger partial charge is 0.315 e. The number of hydrogen-bond donors (Lipinski definition) is 2. The summed E-state index contributed by atoms with van der Waals surface area (Å²) in [5.74, 6) is 0.215. The van der Waals surface area contributed by atoms with E-state index in [1.165, 1.54) is 23.8 Å². The van der Waals surface area contributed by atoms with Crippen LogP contribution in [0.2, 0.25) is 0 Å². The van der Waals surface area contributed by atoms with Gasteiger partial charge in [-0.25, -0.2) is 4.39 Å². The summed E-state index contributed by atoms with van der Waals surface area (Å²) in [6.07, 6.45) is 4.72. The van der Waals surface area contributed by atoms with E-state index < -0.39 is 0 Å². The lowest BCUT2D eigenvalue weighted by Gasteiger charge is -2.36. The zero-order valence-electron chi connectivity index (χ0n) is 13.9. The van der Waals surface area contributed by atoms with Gasteiger partial charge in [0.1, 0.15) is 10.8 Å². The number of nitrogens with one attached hydrogen (secondary N) is 2. The molecule has 0 bridgehead atoms. The number of anilines is 1. The van der Waals surface area contributed by atoms with Crippen LogP contribution in [-0.2, 0) is 11.2 Å². The molecule has 1 aliphatic carbocycles. The molecule has 1 aliphatic heterocycles. The van der Waals surface area contributed by atoms with Crippen LogP contribution in [0.3, 0.4) is 0 Å². The minimum absolute atomic E-state index is 0.0517. The summed E-state index contributed by atoms with van der Waals surface area (Å²) in [6.45, 7) is 1.66. The van der Waals surface area contributed by atoms with Crippen LogP contribution in [-0.4, -0.2) is 29.2 Å². The van der Waals surface area contributed by atoms with E-state index >= 15 is 0 Å². The normalized spacial score (nSPS) is 25.6. The predicted octanol–water partition coefficient (Wildman–Crippen LogP) is 2.99. The number of amides is 1. The Bertz CT molecular complexity index is 780. The number of halogens is 1. The van der Waals surface area contributed by atoms with Crippen LogP contribution in [0, 0.1) is 17.2 Å². The third kappa shape index (κ3) is 3.18. The number of carbonyl (C=O) groups excluding carboxylic acids is 1. The maximum atomic E-state index is 13.8. The Morgan fingerprint density at radius 3 is 3.12 bits per heavy atom. The molecule has 0 unspecified atom stereocenters. The fraction of sp³-hybridized carbons (Fsp3) is 0.500. The molecule has 132 valence electrons. The van der Waals surface area contributed by atoms with E-state index in [1.807, 2.05) is 0 Å². The molecule has 4 rings (SSSR count). The summed E-state index contributed by atoms with van der Waals surface area (Å²) >= 11 is 1.32. The molecule has 0 radical (unpaired) electrons. The van der Waals surface area contributed by atoms with Crippen LogP contribution in [0.4, 0.5) is 9.52 Å². The predicted molar refractivity (Wildman–Crippen MR) is 95.0 cm³/mol. The monoisotopic (exact) mass is 360 g/mol. The van der Waals surface area contributed by atoms with E-state index in [9.17, 15) is 9.18 Å². The highest BCUT2D eigenvalue weighted by Gasteiger charge is 2.50. The molecular weight excluding hydrogens is 339 g/mol. The topological polar surface area (TPSA) is 66.9 Å². The van der Waals surface area contributed by atoms with Gasteiger partial charge in [0.15, 0.2) is 0 Å². The van der Waals surface area contributed by atoms with Gasteiger partial charge in [-0.3, -0.25) is 10.1 Å². The number of carbonyl (C=O) groups is 1. The van der Waals surface area contributed by atoms with Gasteiger partial charge in [0, 0.05) is 13.0 Å². The number of benzene rings is 1. The summed E-state index contributed by atoms with van der Waals surface area (Å²) in [5.41, 5.74) is 0.276. The van der Waals surface area contributed by atoms with Crippen molar-refractivity contribution in [2.75, 3.05) is 18.4 Å². The average Bonchev–Trinajstić information content (AvgIpc) is 3.24. The Balaban J connectivity index is 1.46. The lowest BCUT2D eigenvalue weighted by Crippen LogP contribution is -2.44. The van der Waals surface area contributed by atoms with Gasteiger partial charge in [-0.1, -0.05) is 42.4 Å². The molecular formula is C18H21FN4OS. The van der Waals surface area contributed by atoms with Gasteiger partial charge in [0.05, 0.1) is 5.41 Å². The zero-order chi connectivity index (χ0) is 17.3. The average molecular weight is 360 g/mol. The zero-order valence-corrected chi connectivity index (χ0v) is 14.7. The number of rotatable bonds is 4. The SMILES string of the molecule is O=C(Nc1nnc(Cc2ccccc2F)s1)[C@@]12CCCC[C@H]1CNC2. The number of aromatic nitrogens is 2. The Labute approximate surface area is 150 Å². The van der Waals surface area contributed by atoms with Crippen LogP contribution >= 0.6 is 11.3 Å². The molecule has 1 saturated heterocycles. The summed E-state index contributed by atoms with van der Waals surface area (Å²) in [7, 11) is 0. The molecule has 2 atom stereocenters. The number of nitrogens with zero attached hydrogens (tertiary/aromatic N) is 2. The van der Waals surface area contributed by atoms with Crippen molar-refractivity contribution in [1.29, 1.82) is 0 Å².